The number of nitro groups is 1. The standard InChI is InChI=1S/C14H13N3O3/c1-20-14-8-7-12(11-5-3-2-4-6-11)9-13(14)16-15-10-17(18)19/h2-9H,10H2,1H3. The van der Waals surface area contributed by atoms with Crippen LogP contribution in [0.25, 0.3) is 11.1 Å². The number of azo groups is 1. The van der Waals surface area contributed by atoms with Gasteiger partial charge in [0.25, 0.3) is 0 Å². The summed E-state index contributed by atoms with van der Waals surface area (Å²) < 4.78 is 5.17. The maximum absolute atomic E-state index is 10.3. The average molecular weight is 271 g/mol. The lowest BCUT2D eigenvalue weighted by Crippen LogP contribution is -1.95. The maximum Gasteiger partial charge on any atom is 0.312 e. The van der Waals surface area contributed by atoms with Crippen LogP contribution in [0.4, 0.5) is 5.69 Å². The first-order valence-corrected chi connectivity index (χ1v) is 5.93. The third kappa shape index (κ3) is 3.38. The smallest absolute Gasteiger partial charge is 0.312 e. The molecule has 0 saturated carbocycles. The Labute approximate surface area is 115 Å². The molecule has 20 heavy (non-hydrogen) atoms. The second kappa shape index (κ2) is 6.42. The molecule has 0 N–H and O–H groups in total. The molecule has 6 heteroatoms. The van der Waals surface area contributed by atoms with Gasteiger partial charge in [0, 0.05) is 4.92 Å². The van der Waals surface area contributed by atoms with E-state index in [2.05, 4.69) is 10.2 Å². The summed E-state index contributed by atoms with van der Waals surface area (Å²) in [6.45, 7) is -0.557. The van der Waals surface area contributed by atoms with Gasteiger partial charge in [-0.05, 0) is 23.3 Å². The van der Waals surface area contributed by atoms with E-state index < -0.39 is 11.6 Å². The second-order valence-corrected chi connectivity index (χ2v) is 3.97. The zero-order valence-corrected chi connectivity index (χ0v) is 10.9. The van der Waals surface area contributed by atoms with Crippen molar-refractivity contribution < 1.29 is 9.66 Å². The molecule has 0 radical (unpaired) electrons. The van der Waals surface area contributed by atoms with Gasteiger partial charge in [0.2, 0.25) is 0 Å². The van der Waals surface area contributed by atoms with E-state index in [0.29, 0.717) is 11.4 Å². The van der Waals surface area contributed by atoms with Crippen molar-refractivity contribution in [1.29, 1.82) is 0 Å². The lowest BCUT2D eigenvalue weighted by Gasteiger charge is -2.06. The van der Waals surface area contributed by atoms with Crippen LogP contribution in [-0.2, 0) is 0 Å². The first-order chi connectivity index (χ1) is 9.70. The zero-order chi connectivity index (χ0) is 14.4. The van der Waals surface area contributed by atoms with Gasteiger partial charge in [-0.3, -0.25) is 10.1 Å². The Morgan fingerprint density at radius 2 is 1.90 bits per heavy atom. The number of hydrogen-bond donors (Lipinski definition) is 0. The molecule has 0 aliphatic heterocycles. The van der Waals surface area contributed by atoms with Crippen LogP contribution in [0.2, 0.25) is 0 Å². The molecule has 102 valence electrons. The molecule has 2 aromatic carbocycles. The lowest BCUT2D eigenvalue weighted by molar-refractivity contribution is -0.478. The average Bonchev–Trinajstić information content (AvgIpc) is 2.47. The number of methoxy groups -OCH3 is 1. The predicted molar refractivity (Wildman–Crippen MR) is 74.8 cm³/mol. The second-order valence-electron chi connectivity index (χ2n) is 3.97. The molecule has 0 spiro atoms. The highest BCUT2D eigenvalue weighted by Crippen LogP contribution is 2.32. The fraction of sp³-hybridized carbons (Fsp3) is 0.143. The molecule has 0 amide bonds. The third-order valence-corrected chi connectivity index (χ3v) is 2.64. The van der Waals surface area contributed by atoms with Crippen LogP contribution < -0.4 is 4.74 Å². The minimum Gasteiger partial charge on any atom is -0.494 e. The summed E-state index contributed by atoms with van der Waals surface area (Å²) >= 11 is 0. The van der Waals surface area contributed by atoms with Crippen LogP contribution in [0.5, 0.6) is 5.75 Å². The summed E-state index contributed by atoms with van der Waals surface area (Å²) in [5.41, 5.74) is 2.44. The van der Waals surface area contributed by atoms with E-state index in [1.54, 1.807) is 12.1 Å². The van der Waals surface area contributed by atoms with Gasteiger partial charge < -0.3 is 4.74 Å². The maximum atomic E-state index is 10.3. The minimum atomic E-state index is -0.557. The van der Waals surface area contributed by atoms with Crippen LogP contribution in [0, 0.1) is 10.1 Å². The highest BCUT2D eigenvalue weighted by Gasteiger charge is 2.05. The highest BCUT2D eigenvalue weighted by atomic mass is 16.6. The quantitative estimate of drug-likeness (QED) is 0.472. The molecular formula is C14H13N3O3. The highest BCUT2D eigenvalue weighted by molar-refractivity contribution is 5.70. The molecule has 0 heterocycles. The molecular weight excluding hydrogens is 258 g/mol. The minimum absolute atomic E-state index is 0.468. The Kier molecular flexibility index (Phi) is 4.39. The summed E-state index contributed by atoms with van der Waals surface area (Å²) in [6, 6.07) is 15.2. The van der Waals surface area contributed by atoms with Crippen molar-refractivity contribution in [2.75, 3.05) is 13.8 Å². The topological polar surface area (TPSA) is 77.1 Å². The first-order valence-electron chi connectivity index (χ1n) is 5.93. The number of benzene rings is 2. The van der Waals surface area contributed by atoms with Crippen LogP contribution >= 0.6 is 0 Å². The Morgan fingerprint density at radius 3 is 2.55 bits per heavy atom. The van der Waals surface area contributed by atoms with E-state index in [4.69, 9.17) is 4.74 Å². The number of rotatable bonds is 5. The van der Waals surface area contributed by atoms with Crippen molar-refractivity contribution in [2.45, 2.75) is 0 Å². The zero-order valence-electron chi connectivity index (χ0n) is 10.9. The summed E-state index contributed by atoms with van der Waals surface area (Å²) in [4.78, 5) is 9.71. The monoisotopic (exact) mass is 271 g/mol. The van der Waals surface area contributed by atoms with E-state index in [9.17, 15) is 10.1 Å². The van der Waals surface area contributed by atoms with E-state index in [-0.39, 0.29) is 0 Å². The largest absolute Gasteiger partial charge is 0.494 e. The Balaban J connectivity index is 2.34. The van der Waals surface area contributed by atoms with Gasteiger partial charge in [-0.2, -0.15) is 0 Å². The van der Waals surface area contributed by atoms with Crippen molar-refractivity contribution in [1.82, 2.24) is 0 Å². The van der Waals surface area contributed by atoms with Gasteiger partial charge in [0.1, 0.15) is 11.4 Å². The van der Waals surface area contributed by atoms with E-state index in [1.807, 2.05) is 36.4 Å². The summed E-state index contributed by atoms with van der Waals surface area (Å²) in [5.74, 6) is 0.525. The molecule has 0 saturated heterocycles. The van der Waals surface area contributed by atoms with Crippen molar-refractivity contribution in [3.63, 3.8) is 0 Å². The molecule has 0 bridgehead atoms. The molecule has 0 aliphatic rings. The van der Waals surface area contributed by atoms with Crippen LogP contribution in [0.1, 0.15) is 0 Å². The molecule has 0 unspecified atom stereocenters. The van der Waals surface area contributed by atoms with Crippen molar-refractivity contribution in [3.05, 3.63) is 58.6 Å². The lowest BCUT2D eigenvalue weighted by atomic mass is 10.1. The summed E-state index contributed by atoms with van der Waals surface area (Å²) in [7, 11) is 1.52. The fourth-order valence-corrected chi connectivity index (χ4v) is 1.74. The van der Waals surface area contributed by atoms with Gasteiger partial charge in [0.05, 0.1) is 7.11 Å². The van der Waals surface area contributed by atoms with Crippen molar-refractivity contribution in [2.24, 2.45) is 10.2 Å². The number of ether oxygens (including phenoxy) is 1. The van der Waals surface area contributed by atoms with Crippen LogP contribution in [0.15, 0.2) is 58.8 Å². The van der Waals surface area contributed by atoms with E-state index in [0.717, 1.165) is 11.1 Å². The summed E-state index contributed by atoms with van der Waals surface area (Å²) in [5, 5.41) is 17.6. The molecule has 6 nitrogen and oxygen atoms in total. The van der Waals surface area contributed by atoms with Crippen molar-refractivity contribution in [3.8, 4) is 16.9 Å². The molecule has 0 aliphatic carbocycles. The Hall–Kier alpha value is -2.76. The molecule has 2 rings (SSSR count). The van der Waals surface area contributed by atoms with Gasteiger partial charge in [-0.15, -0.1) is 10.2 Å². The Morgan fingerprint density at radius 1 is 1.15 bits per heavy atom. The Bertz CT molecular complexity index is 627. The third-order valence-electron chi connectivity index (χ3n) is 2.64. The normalized spacial score (nSPS) is 10.7. The SMILES string of the molecule is COc1ccc(-c2ccccc2)cc1N=NC[N+](=O)[O-]. The van der Waals surface area contributed by atoms with Crippen molar-refractivity contribution >= 4 is 5.69 Å². The molecule has 0 atom stereocenters. The molecule has 0 fully saturated rings. The molecule has 0 aromatic heterocycles. The van der Waals surface area contributed by atoms with Gasteiger partial charge in [-0.25, -0.2) is 0 Å². The fourth-order valence-electron chi connectivity index (χ4n) is 1.74. The van der Waals surface area contributed by atoms with Gasteiger partial charge >= 0.3 is 6.67 Å². The van der Waals surface area contributed by atoms with Crippen LogP contribution in [0.3, 0.4) is 0 Å². The van der Waals surface area contributed by atoms with Gasteiger partial charge in [-0.1, -0.05) is 36.4 Å². The number of hydrogen-bond acceptors (Lipinski definition) is 5. The molecule has 2 aromatic rings. The van der Waals surface area contributed by atoms with Gasteiger partial charge in [0.15, 0.2) is 0 Å². The van der Waals surface area contributed by atoms with Crippen LogP contribution in [-0.4, -0.2) is 18.7 Å². The first kappa shape index (κ1) is 13.7. The van der Waals surface area contributed by atoms with E-state index in [1.165, 1.54) is 7.11 Å². The predicted octanol–water partition coefficient (Wildman–Crippen LogP) is 3.68. The van der Waals surface area contributed by atoms with E-state index >= 15 is 0 Å². The summed E-state index contributed by atoms with van der Waals surface area (Å²) in [6.07, 6.45) is 0. The number of nitrogens with zero attached hydrogens (tertiary/aromatic N) is 3.